The predicted octanol–water partition coefficient (Wildman–Crippen LogP) is 2.15. The molecule has 2 heterocycles. The second-order valence-corrected chi connectivity index (χ2v) is 6.95. The van der Waals surface area contributed by atoms with E-state index in [1.165, 1.54) is 42.7 Å². The fraction of sp³-hybridized carbons (Fsp3) is 0. The highest BCUT2D eigenvalue weighted by atomic mass is 35.5. The van der Waals surface area contributed by atoms with Crippen LogP contribution >= 0.6 is 11.6 Å². The van der Waals surface area contributed by atoms with Crippen LogP contribution in [0.15, 0.2) is 52.5 Å². The summed E-state index contributed by atoms with van der Waals surface area (Å²) in [4.78, 5) is 18.1. The number of benzene rings is 1. The second kappa shape index (κ2) is 5.11. The lowest BCUT2D eigenvalue weighted by Crippen LogP contribution is -2.12. The van der Waals surface area contributed by atoms with Gasteiger partial charge in [0.15, 0.2) is 0 Å². The van der Waals surface area contributed by atoms with Gasteiger partial charge in [0, 0.05) is 23.3 Å². The molecule has 1 aromatic carbocycles. The van der Waals surface area contributed by atoms with Crippen molar-refractivity contribution in [3.63, 3.8) is 0 Å². The number of primary amides is 1. The summed E-state index contributed by atoms with van der Waals surface area (Å²) in [5, 5.41) is 0.714. The van der Waals surface area contributed by atoms with Crippen molar-refractivity contribution < 1.29 is 13.2 Å². The summed E-state index contributed by atoms with van der Waals surface area (Å²) in [5.74, 6) is -0.694. The lowest BCUT2D eigenvalue weighted by molar-refractivity contribution is 0.1000. The molecule has 0 atom stereocenters. The van der Waals surface area contributed by atoms with Gasteiger partial charge < -0.3 is 10.7 Å². The minimum atomic E-state index is -3.83. The van der Waals surface area contributed by atoms with E-state index in [4.69, 9.17) is 17.3 Å². The summed E-state index contributed by atoms with van der Waals surface area (Å²) < 4.78 is 25.5. The molecule has 0 spiro atoms. The first-order chi connectivity index (χ1) is 10.4. The van der Waals surface area contributed by atoms with Gasteiger partial charge in [0.25, 0.3) is 0 Å². The van der Waals surface area contributed by atoms with Gasteiger partial charge in [-0.25, -0.2) is 13.4 Å². The Balaban J connectivity index is 2.22. The van der Waals surface area contributed by atoms with Crippen LogP contribution < -0.4 is 5.73 Å². The zero-order valence-electron chi connectivity index (χ0n) is 11.1. The number of fused-ring (bicyclic) bond motifs is 1. The number of carbonyl (C=O) groups excluding carboxylic acids is 1. The first-order valence-corrected chi connectivity index (χ1v) is 8.03. The van der Waals surface area contributed by atoms with Crippen molar-refractivity contribution in [2.45, 2.75) is 9.79 Å². The molecule has 22 heavy (non-hydrogen) atoms. The van der Waals surface area contributed by atoms with Gasteiger partial charge in [0.2, 0.25) is 15.7 Å². The molecule has 3 N–H and O–H groups in total. The van der Waals surface area contributed by atoms with Crippen molar-refractivity contribution in [2.24, 2.45) is 5.73 Å². The summed E-state index contributed by atoms with van der Waals surface area (Å²) >= 11 is 5.88. The Morgan fingerprint density at radius 1 is 1.27 bits per heavy atom. The largest absolute Gasteiger partial charge is 0.366 e. The summed E-state index contributed by atoms with van der Waals surface area (Å²) in [6.45, 7) is 0. The number of aromatic amines is 1. The maximum atomic E-state index is 12.8. The molecule has 0 bridgehead atoms. The molecule has 6 nitrogen and oxygen atoms in total. The third-order valence-corrected chi connectivity index (χ3v) is 5.18. The first kappa shape index (κ1) is 14.6. The topological polar surface area (TPSA) is 106 Å². The standard InChI is InChI=1S/C14H10ClN3O3S/c15-9-5-11-12(7-18-14(11)17-6-9)22(20,21)10-3-1-2-8(4-10)13(16)19/h1-7H,(H2,16,19)(H,17,18). The Hall–Kier alpha value is -2.38. The SMILES string of the molecule is NC(=O)c1cccc(S(=O)(=O)c2c[nH]c3ncc(Cl)cc23)c1. The van der Waals surface area contributed by atoms with E-state index in [1.54, 1.807) is 0 Å². The molecule has 0 saturated heterocycles. The fourth-order valence-corrected chi connectivity index (χ4v) is 3.73. The summed E-state index contributed by atoms with van der Waals surface area (Å²) in [7, 11) is -3.83. The number of amides is 1. The van der Waals surface area contributed by atoms with Gasteiger partial charge in [-0.3, -0.25) is 4.79 Å². The molecule has 112 valence electrons. The van der Waals surface area contributed by atoms with Crippen molar-refractivity contribution in [3.05, 3.63) is 53.3 Å². The number of hydrogen-bond donors (Lipinski definition) is 2. The Morgan fingerprint density at radius 2 is 2.05 bits per heavy atom. The summed E-state index contributed by atoms with van der Waals surface area (Å²) in [6, 6.07) is 7.08. The number of aromatic nitrogens is 2. The van der Waals surface area contributed by atoms with Gasteiger partial charge in [-0.2, -0.15) is 0 Å². The number of rotatable bonds is 3. The van der Waals surface area contributed by atoms with E-state index in [2.05, 4.69) is 9.97 Å². The number of halogens is 1. The van der Waals surface area contributed by atoms with Gasteiger partial charge in [-0.1, -0.05) is 17.7 Å². The van der Waals surface area contributed by atoms with Gasteiger partial charge >= 0.3 is 0 Å². The Kier molecular flexibility index (Phi) is 3.38. The molecule has 2 aromatic heterocycles. The maximum absolute atomic E-state index is 12.8. The van der Waals surface area contributed by atoms with Crippen LogP contribution in [0.4, 0.5) is 0 Å². The Labute approximate surface area is 130 Å². The Morgan fingerprint density at radius 3 is 2.77 bits per heavy atom. The molecule has 3 rings (SSSR count). The molecular weight excluding hydrogens is 326 g/mol. The number of carbonyl (C=O) groups is 1. The van der Waals surface area contributed by atoms with Gasteiger partial charge in [0.05, 0.1) is 14.8 Å². The monoisotopic (exact) mass is 335 g/mol. The van der Waals surface area contributed by atoms with Crippen LogP contribution in [-0.2, 0) is 9.84 Å². The normalized spacial score (nSPS) is 11.7. The zero-order chi connectivity index (χ0) is 15.9. The fourth-order valence-electron chi connectivity index (χ4n) is 2.12. The highest BCUT2D eigenvalue weighted by Gasteiger charge is 2.23. The first-order valence-electron chi connectivity index (χ1n) is 6.17. The van der Waals surface area contributed by atoms with E-state index in [-0.39, 0.29) is 15.4 Å². The maximum Gasteiger partial charge on any atom is 0.248 e. The van der Waals surface area contributed by atoms with Crippen LogP contribution in [0.5, 0.6) is 0 Å². The quantitative estimate of drug-likeness (QED) is 0.764. The molecule has 0 aliphatic rings. The second-order valence-electron chi connectivity index (χ2n) is 4.60. The smallest absolute Gasteiger partial charge is 0.248 e. The third kappa shape index (κ3) is 2.34. The molecule has 0 fully saturated rings. The van der Waals surface area contributed by atoms with E-state index < -0.39 is 15.7 Å². The van der Waals surface area contributed by atoms with E-state index in [9.17, 15) is 13.2 Å². The zero-order valence-corrected chi connectivity index (χ0v) is 12.6. The number of nitrogens with one attached hydrogen (secondary N) is 1. The molecule has 0 aliphatic heterocycles. The van der Waals surface area contributed by atoms with Crippen molar-refractivity contribution in [1.29, 1.82) is 0 Å². The van der Waals surface area contributed by atoms with Gasteiger partial charge in [0.1, 0.15) is 5.65 Å². The molecular formula is C14H10ClN3O3S. The molecule has 1 amide bonds. The van der Waals surface area contributed by atoms with Crippen molar-refractivity contribution in [1.82, 2.24) is 9.97 Å². The number of sulfone groups is 1. The van der Waals surface area contributed by atoms with E-state index >= 15 is 0 Å². The minimum absolute atomic E-state index is 0.0234. The van der Waals surface area contributed by atoms with E-state index in [0.717, 1.165) is 0 Å². The third-order valence-electron chi connectivity index (χ3n) is 3.18. The Bertz CT molecular complexity index is 995. The van der Waals surface area contributed by atoms with Crippen LogP contribution in [0.2, 0.25) is 5.02 Å². The van der Waals surface area contributed by atoms with Crippen LogP contribution in [-0.4, -0.2) is 24.3 Å². The van der Waals surface area contributed by atoms with Gasteiger partial charge in [-0.05, 0) is 24.3 Å². The number of nitrogens with two attached hydrogens (primary N) is 1. The van der Waals surface area contributed by atoms with Crippen molar-refractivity contribution in [2.75, 3.05) is 0 Å². The lowest BCUT2D eigenvalue weighted by atomic mass is 10.2. The van der Waals surface area contributed by atoms with Gasteiger partial charge in [-0.15, -0.1) is 0 Å². The van der Waals surface area contributed by atoms with Crippen LogP contribution in [0.3, 0.4) is 0 Å². The molecule has 0 aliphatic carbocycles. The average Bonchev–Trinajstić information content (AvgIpc) is 2.91. The average molecular weight is 336 g/mol. The molecule has 0 saturated carbocycles. The van der Waals surface area contributed by atoms with Crippen LogP contribution in [0, 0.1) is 0 Å². The molecule has 0 radical (unpaired) electrons. The number of nitrogens with zero attached hydrogens (tertiary/aromatic N) is 1. The predicted molar refractivity (Wildman–Crippen MR) is 81.5 cm³/mol. The van der Waals surface area contributed by atoms with E-state index in [0.29, 0.717) is 16.1 Å². The number of H-pyrrole nitrogens is 1. The lowest BCUT2D eigenvalue weighted by Gasteiger charge is -2.04. The van der Waals surface area contributed by atoms with E-state index in [1.807, 2.05) is 0 Å². The highest BCUT2D eigenvalue weighted by molar-refractivity contribution is 7.91. The molecule has 8 heteroatoms. The summed E-state index contributed by atoms with van der Waals surface area (Å²) in [5.41, 5.74) is 5.72. The highest BCUT2D eigenvalue weighted by Crippen LogP contribution is 2.29. The molecule has 0 unspecified atom stereocenters. The number of pyridine rings is 1. The minimum Gasteiger partial charge on any atom is -0.366 e. The molecule has 3 aromatic rings. The van der Waals surface area contributed by atoms with Crippen molar-refractivity contribution >= 4 is 38.4 Å². The van der Waals surface area contributed by atoms with Crippen molar-refractivity contribution in [3.8, 4) is 0 Å². The summed E-state index contributed by atoms with van der Waals surface area (Å²) in [6.07, 6.45) is 2.77. The van der Waals surface area contributed by atoms with Crippen LogP contribution in [0.1, 0.15) is 10.4 Å². The van der Waals surface area contributed by atoms with Crippen LogP contribution in [0.25, 0.3) is 11.0 Å². The number of hydrogen-bond acceptors (Lipinski definition) is 4.